The summed E-state index contributed by atoms with van der Waals surface area (Å²) in [5, 5.41) is 11.8. The van der Waals surface area contributed by atoms with Crippen LogP contribution in [0.1, 0.15) is 39.0 Å². The van der Waals surface area contributed by atoms with E-state index in [1.54, 1.807) is 16.8 Å². The molecule has 30 heavy (non-hydrogen) atoms. The van der Waals surface area contributed by atoms with E-state index in [4.69, 9.17) is 4.74 Å². The molecular weight excluding hydrogens is 402 g/mol. The van der Waals surface area contributed by atoms with E-state index in [2.05, 4.69) is 15.5 Å². The monoisotopic (exact) mass is 427 g/mol. The highest BCUT2D eigenvalue weighted by Crippen LogP contribution is 2.19. The number of carbonyl (C=O) groups is 1. The molecule has 0 bridgehead atoms. The predicted octanol–water partition coefficient (Wildman–Crippen LogP) is 2.82. The van der Waals surface area contributed by atoms with Gasteiger partial charge < -0.3 is 10.1 Å². The van der Waals surface area contributed by atoms with Crippen LogP contribution in [0.3, 0.4) is 0 Å². The Morgan fingerprint density at radius 3 is 2.67 bits per heavy atom. The van der Waals surface area contributed by atoms with Gasteiger partial charge in [0.05, 0.1) is 12.4 Å². The summed E-state index contributed by atoms with van der Waals surface area (Å²) in [6.45, 7) is 2.51. The van der Waals surface area contributed by atoms with Gasteiger partial charge in [-0.15, -0.1) is 10.2 Å². The molecule has 0 spiro atoms. The Kier molecular flexibility index (Phi) is 6.37. The molecule has 1 aliphatic carbocycles. The van der Waals surface area contributed by atoms with Crippen molar-refractivity contribution in [3.05, 3.63) is 47.0 Å². The molecule has 158 valence electrons. The lowest BCUT2D eigenvalue weighted by molar-refractivity contribution is -0.119. The number of amides is 1. The van der Waals surface area contributed by atoms with Gasteiger partial charge in [-0.2, -0.15) is 0 Å². The molecule has 8 nitrogen and oxygen atoms in total. The fraction of sp³-hybridized carbons (Fsp3) is 0.429. The van der Waals surface area contributed by atoms with Crippen molar-refractivity contribution in [2.45, 2.75) is 50.2 Å². The highest BCUT2D eigenvalue weighted by atomic mass is 32.2. The number of ether oxygens (including phenoxy) is 1. The zero-order chi connectivity index (χ0) is 20.9. The topological polar surface area (TPSA) is 90.5 Å². The molecule has 1 saturated carbocycles. The summed E-state index contributed by atoms with van der Waals surface area (Å²) < 4.78 is 8.59. The normalized spacial score (nSPS) is 14.7. The Morgan fingerprint density at radius 1 is 1.17 bits per heavy atom. The third kappa shape index (κ3) is 4.51. The fourth-order valence-electron chi connectivity index (χ4n) is 3.68. The molecule has 0 radical (unpaired) electrons. The standard InChI is InChI=1S/C21H25N5O3S/c1-2-29-17-10-8-16(9-11-17)25-12-13-26-19(20(25)28)23-24-21(26)30-14-18(27)22-15-6-4-3-5-7-15/h8-13,15H,2-7,14H2,1H3,(H,22,27). The molecule has 3 aromatic rings. The van der Waals surface area contributed by atoms with E-state index >= 15 is 0 Å². The first-order chi connectivity index (χ1) is 14.7. The molecule has 0 aliphatic heterocycles. The van der Waals surface area contributed by atoms with Gasteiger partial charge in [-0.05, 0) is 44.0 Å². The molecule has 0 atom stereocenters. The SMILES string of the molecule is CCOc1ccc(-n2ccn3c(SCC(=O)NC4CCCCC4)nnc3c2=O)cc1. The van der Waals surface area contributed by atoms with Crippen LogP contribution < -0.4 is 15.6 Å². The number of thioether (sulfide) groups is 1. The molecule has 1 aromatic carbocycles. The van der Waals surface area contributed by atoms with Crippen molar-refractivity contribution in [2.24, 2.45) is 0 Å². The summed E-state index contributed by atoms with van der Waals surface area (Å²) in [6, 6.07) is 7.58. The van der Waals surface area contributed by atoms with E-state index in [1.165, 1.54) is 35.6 Å². The molecule has 9 heteroatoms. The second kappa shape index (κ2) is 9.34. The van der Waals surface area contributed by atoms with Crippen molar-refractivity contribution in [3.8, 4) is 11.4 Å². The first-order valence-corrected chi connectivity index (χ1v) is 11.3. The van der Waals surface area contributed by atoms with Crippen molar-refractivity contribution in [1.29, 1.82) is 0 Å². The van der Waals surface area contributed by atoms with Gasteiger partial charge in [-0.3, -0.25) is 18.6 Å². The van der Waals surface area contributed by atoms with Crippen LogP contribution in [-0.2, 0) is 4.79 Å². The second-order valence-corrected chi connectivity index (χ2v) is 8.21. The Morgan fingerprint density at radius 2 is 1.93 bits per heavy atom. The quantitative estimate of drug-likeness (QED) is 0.583. The molecule has 0 saturated heterocycles. The minimum atomic E-state index is -0.271. The van der Waals surface area contributed by atoms with Crippen molar-refractivity contribution in [3.63, 3.8) is 0 Å². The van der Waals surface area contributed by atoms with E-state index in [0.717, 1.165) is 24.3 Å². The first kappa shape index (κ1) is 20.5. The van der Waals surface area contributed by atoms with Crippen molar-refractivity contribution < 1.29 is 9.53 Å². The molecular formula is C21H25N5O3S. The van der Waals surface area contributed by atoms with E-state index < -0.39 is 0 Å². The highest BCUT2D eigenvalue weighted by molar-refractivity contribution is 7.99. The number of rotatable bonds is 7. The second-order valence-electron chi connectivity index (χ2n) is 7.27. The number of nitrogens with one attached hydrogen (secondary N) is 1. The summed E-state index contributed by atoms with van der Waals surface area (Å²) in [6.07, 6.45) is 9.13. The van der Waals surface area contributed by atoms with Crippen molar-refractivity contribution in [2.75, 3.05) is 12.4 Å². The van der Waals surface area contributed by atoms with Crippen LogP contribution in [0.2, 0.25) is 0 Å². The van der Waals surface area contributed by atoms with E-state index in [0.29, 0.717) is 11.8 Å². The third-order valence-corrected chi connectivity index (χ3v) is 6.11. The maximum absolute atomic E-state index is 12.9. The van der Waals surface area contributed by atoms with Crippen LogP contribution in [0.15, 0.2) is 46.6 Å². The molecule has 2 aromatic heterocycles. The van der Waals surface area contributed by atoms with Crippen LogP contribution in [0.25, 0.3) is 11.3 Å². The lowest BCUT2D eigenvalue weighted by atomic mass is 9.95. The van der Waals surface area contributed by atoms with Crippen LogP contribution in [-0.4, -0.2) is 43.5 Å². The zero-order valence-corrected chi connectivity index (χ0v) is 17.7. The average molecular weight is 428 g/mol. The number of benzene rings is 1. The molecule has 1 N–H and O–H groups in total. The third-order valence-electron chi connectivity index (χ3n) is 5.17. The lowest BCUT2D eigenvalue weighted by Crippen LogP contribution is -2.37. The van der Waals surface area contributed by atoms with E-state index in [-0.39, 0.29) is 28.9 Å². The van der Waals surface area contributed by atoms with Gasteiger partial charge in [0.1, 0.15) is 5.75 Å². The van der Waals surface area contributed by atoms with Crippen molar-refractivity contribution in [1.82, 2.24) is 24.5 Å². The zero-order valence-electron chi connectivity index (χ0n) is 16.9. The molecule has 1 amide bonds. The summed E-state index contributed by atoms with van der Waals surface area (Å²) in [7, 11) is 0. The maximum Gasteiger partial charge on any atom is 0.300 e. The van der Waals surface area contributed by atoms with E-state index in [9.17, 15) is 9.59 Å². The van der Waals surface area contributed by atoms with Gasteiger partial charge in [-0.1, -0.05) is 31.0 Å². The molecule has 2 heterocycles. The van der Waals surface area contributed by atoms with Crippen LogP contribution in [0.4, 0.5) is 0 Å². The molecule has 1 fully saturated rings. The molecule has 1 aliphatic rings. The number of hydrogen-bond acceptors (Lipinski definition) is 6. The summed E-state index contributed by atoms with van der Waals surface area (Å²) in [5.41, 5.74) is 0.671. The number of fused-ring (bicyclic) bond motifs is 1. The summed E-state index contributed by atoms with van der Waals surface area (Å²) in [4.78, 5) is 25.1. The highest BCUT2D eigenvalue weighted by Gasteiger charge is 2.17. The number of carbonyl (C=O) groups excluding carboxylic acids is 1. The minimum absolute atomic E-state index is 0.00798. The predicted molar refractivity (Wildman–Crippen MR) is 115 cm³/mol. The first-order valence-electron chi connectivity index (χ1n) is 10.3. The Hall–Kier alpha value is -2.81. The maximum atomic E-state index is 12.9. The van der Waals surface area contributed by atoms with Gasteiger partial charge in [0.25, 0.3) is 0 Å². The fourth-order valence-corrected chi connectivity index (χ4v) is 4.41. The van der Waals surface area contributed by atoms with Crippen LogP contribution >= 0.6 is 11.8 Å². The lowest BCUT2D eigenvalue weighted by Gasteiger charge is -2.22. The number of nitrogens with zero attached hydrogens (tertiary/aromatic N) is 4. The van der Waals surface area contributed by atoms with Crippen LogP contribution in [0.5, 0.6) is 5.75 Å². The number of aromatic nitrogens is 4. The molecule has 4 rings (SSSR count). The van der Waals surface area contributed by atoms with Crippen molar-refractivity contribution >= 4 is 23.3 Å². The Labute approximate surface area is 178 Å². The summed E-state index contributed by atoms with van der Waals surface area (Å²) >= 11 is 1.28. The van der Waals surface area contributed by atoms with Gasteiger partial charge >= 0.3 is 5.56 Å². The summed E-state index contributed by atoms with van der Waals surface area (Å²) in [5.74, 6) is 0.994. The Balaban J connectivity index is 1.46. The van der Waals surface area contributed by atoms with E-state index in [1.807, 2.05) is 31.2 Å². The van der Waals surface area contributed by atoms with Gasteiger partial charge in [0.2, 0.25) is 11.6 Å². The number of hydrogen-bond donors (Lipinski definition) is 1. The minimum Gasteiger partial charge on any atom is -0.494 e. The molecule has 0 unspecified atom stereocenters. The van der Waals surface area contributed by atoms with Gasteiger partial charge in [-0.25, -0.2) is 0 Å². The van der Waals surface area contributed by atoms with Gasteiger partial charge in [0, 0.05) is 24.1 Å². The van der Waals surface area contributed by atoms with Crippen LogP contribution in [0, 0.1) is 0 Å². The average Bonchev–Trinajstić information content (AvgIpc) is 3.18. The smallest absolute Gasteiger partial charge is 0.300 e. The van der Waals surface area contributed by atoms with Gasteiger partial charge in [0.15, 0.2) is 5.16 Å². The Bertz CT molecular complexity index is 1070. The largest absolute Gasteiger partial charge is 0.494 e.